The van der Waals surface area contributed by atoms with Gasteiger partial charge >= 0.3 is 0 Å². The van der Waals surface area contributed by atoms with Crippen LogP contribution in [0.2, 0.25) is 0 Å². The van der Waals surface area contributed by atoms with Crippen LogP contribution < -0.4 is 4.74 Å². The summed E-state index contributed by atoms with van der Waals surface area (Å²) in [5, 5.41) is 3.48. The van der Waals surface area contributed by atoms with Crippen molar-refractivity contribution in [3.8, 4) is 5.75 Å². The topological polar surface area (TPSA) is 49.9 Å². The lowest BCUT2D eigenvalue weighted by atomic mass is 9.69. The average Bonchev–Trinajstić information content (AvgIpc) is 2.52. The number of methoxy groups -OCH3 is 1. The maximum absolute atomic E-state index is 13.0. The fourth-order valence-electron chi connectivity index (χ4n) is 3.99. The first kappa shape index (κ1) is 17.7. The quantitative estimate of drug-likeness (QED) is 0.847. The standard InChI is InChI=1S/C20H26N2O3/c1-20(2)11-16-19(17(23)12-20)15(10-18(24)22(16)21(3)4)13-6-8-14(25-5)9-7-13/h6-9,15H,10-12H2,1-5H3/t15-/m0/s1. The maximum Gasteiger partial charge on any atom is 0.242 e. The average molecular weight is 342 g/mol. The van der Waals surface area contributed by atoms with Crippen molar-refractivity contribution in [2.45, 2.75) is 39.0 Å². The number of Topliss-reactive ketones (excluding diaryl/α,β-unsaturated/α-hetero) is 1. The van der Waals surface area contributed by atoms with Crippen molar-refractivity contribution in [3.05, 3.63) is 41.1 Å². The van der Waals surface area contributed by atoms with Crippen molar-refractivity contribution in [2.75, 3.05) is 21.2 Å². The number of hydrogen-bond acceptors (Lipinski definition) is 4. The van der Waals surface area contributed by atoms with Crippen molar-refractivity contribution >= 4 is 11.7 Å². The molecule has 134 valence electrons. The number of hydrogen-bond donors (Lipinski definition) is 0. The number of carbonyl (C=O) groups excluding carboxylic acids is 2. The van der Waals surface area contributed by atoms with Gasteiger partial charge in [-0.15, -0.1) is 0 Å². The number of allylic oxidation sites excluding steroid dienone is 2. The Morgan fingerprint density at radius 2 is 1.76 bits per heavy atom. The summed E-state index contributed by atoms with van der Waals surface area (Å²) in [7, 11) is 5.33. The van der Waals surface area contributed by atoms with Gasteiger partial charge < -0.3 is 4.74 Å². The van der Waals surface area contributed by atoms with Gasteiger partial charge in [0, 0.05) is 44.1 Å². The number of ketones is 1. The zero-order chi connectivity index (χ0) is 18.4. The molecular formula is C20H26N2O3. The van der Waals surface area contributed by atoms with Crippen LogP contribution in [-0.4, -0.2) is 42.9 Å². The minimum absolute atomic E-state index is 0.0371. The Bertz CT molecular complexity index is 732. The predicted octanol–water partition coefficient (Wildman–Crippen LogP) is 3.13. The smallest absolute Gasteiger partial charge is 0.242 e. The molecule has 0 fully saturated rings. The van der Waals surface area contributed by atoms with E-state index in [1.165, 1.54) is 0 Å². The summed E-state index contributed by atoms with van der Waals surface area (Å²) in [4.78, 5) is 25.8. The van der Waals surface area contributed by atoms with Crippen molar-refractivity contribution in [1.82, 2.24) is 10.0 Å². The molecule has 1 amide bonds. The summed E-state index contributed by atoms with van der Waals surface area (Å²) in [6.07, 6.45) is 1.56. The van der Waals surface area contributed by atoms with Crippen molar-refractivity contribution in [1.29, 1.82) is 0 Å². The van der Waals surface area contributed by atoms with E-state index in [0.29, 0.717) is 12.8 Å². The van der Waals surface area contributed by atoms with Crippen LogP contribution in [-0.2, 0) is 9.59 Å². The minimum Gasteiger partial charge on any atom is -0.497 e. The third-order valence-electron chi connectivity index (χ3n) is 5.03. The van der Waals surface area contributed by atoms with E-state index < -0.39 is 0 Å². The molecule has 0 bridgehead atoms. The molecule has 1 aromatic carbocycles. The zero-order valence-corrected chi connectivity index (χ0v) is 15.6. The molecule has 25 heavy (non-hydrogen) atoms. The molecule has 5 nitrogen and oxygen atoms in total. The van der Waals surface area contributed by atoms with Gasteiger partial charge in [0.1, 0.15) is 5.75 Å². The number of benzene rings is 1. The Kier molecular flexibility index (Phi) is 4.45. The Balaban J connectivity index is 2.11. The second-order valence-electron chi connectivity index (χ2n) is 7.88. The van der Waals surface area contributed by atoms with E-state index in [1.54, 1.807) is 17.1 Å². The molecule has 1 heterocycles. The van der Waals surface area contributed by atoms with E-state index in [2.05, 4.69) is 13.8 Å². The van der Waals surface area contributed by atoms with Crippen LogP contribution in [0.1, 0.15) is 44.6 Å². The Morgan fingerprint density at radius 1 is 1.12 bits per heavy atom. The lowest BCUT2D eigenvalue weighted by Gasteiger charge is -2.44. The van der Waals surface area contributed by atoms with Gasteiger partial charge in [0.25, 0.3) is 0 Å². The number of hydrazine groups is 1. The molecule has 0 aromatic heterocycles. The third-order valence-corrected chi connectivity index (χ3v) is 5.03. The summed E-state index contributed by atoms with van der Waals surface area (Å²) >= 11 is 0. The number of carbonyl (C=O) groups is 2. The molecule has 5 heteroatoms. The molecular weight excluding hydrogens is 316 g/mol. The first-order valence-electron chi connectivity index (χ1n) is 8.64. The first-order chi connectivity index (χ1) is 11.7. The molecule has 1 atom stereocenters. The fourth-order valence-corrected chi connectivity index (χ4v) is 3.99. The van der Waals surface area contributed by atoms with Gasteiger partial charge in [-0.2, -0.15) is 0 Å². The molecule has 0 saturated heterocycles. The Labute approximate surface area is 149 Å². The fraction of sp³-hybridized carbons (Fsp3) is 0.500. The van der Waals surface area contributed by atoms with E-state index in [-0.39, 0.29) is 23.0 Å². The van der Waals surface area contributed by atoms with E-state index in [9.17, 15) is 9.59 Å². The molecule has 0 radical (unpaired) electrons. The summed E-state index contributed by atoms with van der Waals surface area (Å²) in [5.41, 5.74) is 2.53. The molecule has 0 N–H and O–H groups in total. The predicted molar refractivity (Wildman–Crippen MR) is 95.9 cm³/mol. The molecule has 1 aliphatic heterocycles. The third kappa shape index (κ3) is 3.21. The van der Waals surface area contributed by atoms with Crippen molar-refractivity contribution in [2.24, 2.45) is 5.41 Å². The highest BCUT2D eigenvalue weighted by atomic mass is 16.5. The van der Waals surface area contributed by atoms with Gasteiger partial charge in [-0.3, -0.25) is 9.59 Å². The summed E-state index contributed by atoms with van der Waals surface area (Å²) < 4.78 is 5.22. The number of nitrogens with zero attached hydrogens (tertiary/aromatic N) is 2. The van der Waals surface area contributed by atoms with Crippen LogP contribution >= 0.6 is 0 Å². The van der Waals surface area contributed by atoms with Gasteiger partial charge in [0.05, 0.1) is 7.11 Å². The van der Waals surface area contributed by atoms with Gasteiger partial charge in [-0.05, 0) is 29.5 Å². The van der Waals surface area contributed by atoms with E-state index in [1.807, 2.05) is 38.4 Å². The molecule has 1 aromatic rings. The summed E-state index contributed by atoms with van der Waals surface area (Å²) in [6.45, 7) is 4.17. The Morgan fingerprint density at radius 3 is 2.32 bits per heavy atom. The van der Waals surface area contributed by atoms with Gasteiger partial charge in [0.2, 0.25) is 5.91 Å². The number of rotatable bonds is 3. The maximum atomic E-state index is 13.0. The molecule has 3 rings (SSSR count). The highest BCUT2D eigenvalue weighted by Gasteiger charge is 2.44. The highest BCUT2D eigenvalue weighted by Crippen LogP contribution is 2.47. The summed E-state index contributed by atoms with van der Waals surface area (Å²) in [6, 6.07) is 7.69. The molecule has 0 saturated carbocycles. The lowest BCUT2D eigenvalue weighted by Crippen LogP contribution is -2.49. The second kappa shape index (κ2) is 6.30. The van der Waals surface area contributed by atoms with Crippen molar-refractivity contribution < 1.29 is 14.3 Å². The number of ether oxygens (including phenoxy) is 1. The highest BCUT2D eigenvalue weighted by molar-refractivity contribution is 6.01. The SMILES string of the molecule is COc1ccc([C@@H]2CC(=O)N(N(C)C)C3=C2C(=O)CC(C)(C)C3)cc1. The normalized spacial score (nSPS) is 23.1. The van der Waals surface area contributed by atoms with Crippen LogP contribution in [0.4, 0.5) is 0 Å². The van der Waals surface area contributed by atoms with Crippen LogP contribution in [0.25, 0.3) is 0 Å². The molecule has 0 unspecified atom stereocenters. The summed E-state index contributed by atoms with van der Waals surface area (Å²) in [5.74, 6) is 0.792. The van der Waals surface area contributed by atoms with Crippen molar-refractivity contribution in [3.63, 3.8) is 0 Å². The van der Waals surface area contributed by atoms with Crippen LogP contribution in [0.3, 0.4) is 0 Å². The molecule has 0 spiro atoms. The van der Waals surface area contributed by atoms with E-state index in [4.69, 9.17) is 4.74 Å². The Hall–Kier alpha value is -2.14. The molecule has 2 aliphatic rings. The second-order valence-corrected chi connectivity index (χ2v) is 7.88. The van der Waals surface area contributed by atoms with E-state index in [0.717, 1.165) is 29.0 Å². The lowest BCUT2D eigenvalue weighted by molar-refractivity contribution is -0.143. The van der Waals surface area contributed by atoms with Gasteiger partial charge in [-0.25, -0.2) is 10.0 Å². The number of amides is 1. The molecule has 1 aliphatic carbocycles. The van der Waals surface area contributed by atoms with Crippen LogP contribution in [0.5, 0.6) is 5.75 Å². The largest absolute Gasteiger partial charge is 0.497 e. The zero-order valence-electron chi connectivity index (χ0n) is 15.6. The van der Waals surface area contributed by atoms with Gasteiger partial charge in [-0.1, -0.05) is 26.0 Å². The van der Waals surface area contributed by atoms with Crippen LogP contribution in [0.15, 0.2) is 35.5 Å². The van der Waals surface area contributed by atoms with Gasteiger partial charge in [0.15, 0.2) is 5.78 Å². The first-order valence-corrected chi connectivity index (χ1v) is 8.64. The minimum atomic E-state index is -0.173. The van der Waals surface area contributed by atoms with E-state index >= 15 is 0 Å². The monoisotopic (exact) mass is 342 g/mol. The van der Waals surface area contributed by atoms with Crippen LogP contribution in [0, 0.1) is 5.41 Å².